The minimum Gasteiger partial charge on any atom is -0.456 e. The maximum atomic E-state index is 13.1. The van der Waals surface area contributed by atoms with E-state index in [0.717, 1.165) is 42.4 Å². The van der Waals surface area contributed by atoms with Gasteiger partial charge in [0.1, 0.15) is 11.6 Å². The molecule has 0 aliphatic heterocycles. The fourth-order valence-electron chi connectivity index (χ4n) is 4.51. The fourth-order valence-corrected chi connectivity index (χ4v) is 4.51. The van der Waals surface area contributed by atoms with Gasteiger partial charge in [0.15, 0.2) is 0 Å². The number of para-hydroxylation sites is 1. The number of rotatable bonds is 7. The molecule has 1 aliphatic rings. The molecule has 6 nitrogen and oxygen atoms in total. The highest BCUT2D eigenvalue weighted by Gasteiger charge is 2.37. The summed E-state index contributed by atoms with van der Waals surface area (Å²) in [6, 6.07) is 9.71. The van der Waals surface area contributed by atoms with Crippen LogP contribution in [0.5, 0.6) is 0 Å². The molecule has 2 N–H and O–H groups in total. The summed E-state index contributed by atoms with van der Waals surface area (Å²) in [6.45, 7) is 2.38. The van der Waals surface area contributed by atoms with Crippen LogP contribution >= 0.6 is 0 Å². The second kappa shape index (κ2) is 9.59. The highest BCUT2D eigenvalue weighted by Crippen LogP contribution is 2.34. The van der Waals surface area contributed by atoms with Crippen molar-refractivity contribution in [3.05, 3.63) is 47.4 Å². The first-order chi connectivity index (χ1) is 15.7. The van der Waals surface area contributed by atoms with Gasteiger partial charge < -0.3 is 20.0 Å². The van der Waals surface area contributed by atoms with Crippen molar-refractivity contribution in [2.45, 2.75) is 51.4 Å². The Morgan fingerprint density at radius 3 is 2.52 bits per heavy atom. The lowest BCUT2D eigenvalue weighted by molar-refractivity contribution is -0.154. The summed E-state index contributed by atoms with van der Waals surface area (Å²) in [7, 11) is 3.94. The Labute approximate surface area is 191 Å². The van der Waals surface area contributed by atoms with Gasteiger partial charge in [-0.1, -0.05) is 12.1 Å². The first kappa shape index (κ1) is 23.4. The van der Waals surface area contributed by atoms with Crippen molar-refractivity contribution in [1.29, 1.82) is 0 Å². The zero-order valence-electron chi connectivity index (χ0n) is 19.2. The predicted molar refractivity (Wildman–Crippen MR) is 123 cm³/mol. The van der Waals surface area contributed by atoms with E-state index in [-0.39, 0.29) is 23.9 Å². The van der Waals surface area contributed by atoms with Crippen LogP contribution in [-0.2, 0) is 12.7 Å². The third-order valence-electron chi connectivity index (χ3n) is 6.12. The minimum absolute atomic E-state index is 0.155. The van der Waals surface area contributed by atoms with Gasteiger partial charge in [-0.2, -0.15) is 18.2 Å². The molecule has 0 unspecified atom stereocenters. The number of nitrogens with zero attached hydrogens (tertiary/aromatic N) is 3. The molecule has 33 heavy (non-hydrogen) atoms. The summed E-state index contributed by atoms with van der Waals surface area (Å²) in [5.41, 5.74) is 1.07. The Balaban J connectivity index is 1.30. The molecule has 0 saturated heterocycles. The second-order valence-electron chi connectivity index (χ2n) is 8.98. The van der Waals surface area contributed by atoms with E-state index in [2.05, 4.69) is 15.6 Å². The number of aryl methyl sites for hydroxylation is 1. The van der Waals surface area contributed by atoms with Gasteiger partial charge in [-0.25, -0.2) is 4.98 Å². The molecular weight excluding hydrogens is 431 g/mol. The Morgan fingerprint density at radius 2 is 1.82 bits per heavy atom. The van der Waals surface area contributed by atoms with E-state index in [4.69, 9.17) is 9.40 Å². The Morgan fingerprint density at radius 1 is 1.09 bits per heavy atom. The van der Waals surface area contributed by atoms with Gasteiger partial charge in [-0.05, 0) is 63.3 Å². The molecule has 1 fully saturated rings. The van der Waals surface area contributed by atoms with E-state index in [9.17, 15) is 13.2 Å². The van der Waals surface area contributed by atoms with Crippen molar-refractivity contribution >= 4 is 22.7 Å². The standard InChI is InChI=1S/C24H30F3N5O/c1-15-12-17(21(33-15)24(25,26)27)14-28-13-16-8-10-18(11-9-16)29-23-30-20-7-5-4-6-19(20)22(31-23)32(2)3/h4-7,12,16,18,28H,8-11,13-14H2,1-3H3,(H,29,30,31). The highest BCUT2D eigenvalue weighted by atomic mass is 19.4. The SMILES string of the molecule is Cc1cc(CNCC2CCC(Nc3nc(N(C)C)c4ccccc4n3)CC2)c(C(F)(F)F)o1. The van der Waals surface area contributed by atoms with Gasteiger partial charge in [0, 0.05) is 37.6 Å². The normalized spacial score (nSPS) is 19.1. The first-order valence-corrected chi connectivity index (χ1v) is 11.3. The molecule has 2 heterocycles. The number of halogens is 3. The van der Waals surface area contributed by atoms with Crippen LogP contribution in [0.25, 0.3) is 10.9 Å². The molecule has 9 heteroatoms. The van der Waals surface area contributed by atoms with E-state index < -0.39 is 11.9 Å². The smallest absolute Gasteiger partial charge is 0.449 e. The van der Waals surface area contributed by atoms with E-state index in [1.807, 2.05) is 43.3 Å². The molecule has 0 bridgehead atoms. The average Bonchev–Trinajstić information content (AvgIpc) is 3.15. The van der Waals surface area contributed by atoms with Gasteiger partial charge >= 0.3 is 6.18 Å². The van der Waals surface area contributed by atoms with Crippen molar-refractivity contribution in [2.75, 3.05) is 30.9 Å². The number of aromatic nitrogens is 2. The van der Waals surface area contributed by atoms with Gasteiger partial charge in [0.05, 0.1) is 5.52 Å². The molecule has 1 aromatic carbocycles. The Hall–Kier alpha value is -2.81. The van der Waals surface area contributed by atoms with Crippen molar-refractivity contribution < 1.29 is 17.6 Å². The molecule has 1 saturated carbocycles. The fraction of sp³-hybridized carbons (Fsp3) is 0.500. The monoisotopic (exact) mass is 461 g/mol. The average molecular weight is 462 g/mol. The summed E-state index contributed by atoms with van der Waals surface area (Å²) in [5.74, 6) is 1.33. The largest absolute Gasteiger partial charge is 0.456 e. The van der Waals surface area contributed by atoms with E-state index in [1.165, 1.54) is 13.0 Å². The molecule has 2 aromatic heterocycles. The molecule has 0 spiro atoms. The van der Waals surface area contributed by atoms with Gasteiger partial charge in [0.2, 0.25) is 11.7 Å². The topological polar surface area (TPSA) is 66.2 Å². The zero-order valence-corrected chi connectivity index (χ0v) is 19.2. The van der Waals surface area contributed by atoms with E-state index in [1.54, 1.807) is 0 Å². The lowest BCUT2D eigenvalue weighted by Gasteiger charge is -2.29. The molecule has 3 aromatic rings. The van der Waals surface area contributed by atoms with Crippen molar-refractivity contribution in [3.8, 4) is 0 Å². The van der Waals surface area contributed by atoms with Gasteiger partial charge in [-0.3, -0.25) is 0 Å². The molecule has 1 aliphatic carbocycles. The maximum Gasteiger partial charge on any atom is 0.449 e. The van der Waals surface area contributed by atoms with Crippen molar-refractivity contribution in [3.63, 3.8) is 0 Å². The highest BCUT2D eigenvalue weighted by molar-refractivity contribution is 5.90. The number of benzene rings is 1. The lowest BCUT2D eigenvalue weighted by atomic mass is 9.86. The number of alkyl halides is 3. The third kappa shape index (κ3) is 5.58. The third-order valence-corrected chi connectivity index (χ3v) is 6.12. The van der Waals surface area contributed by atoms with Crippen LogP contribution in [-0.4, -0.2) is 36.6 Å². The minimum atomic E-state index is -4.47. The summed E-state index contributed by atoms with van der Waals surface area (Å²) < 4.78 is 44.1. The number of fused-ring (bicyclic) bond motifs is 1. The van der Waals surface area contributed by atoms with Crippen LogP contribution in [0.2, 0.25) is 0 Å². The summed E-state index contributed by atoms with van der Waals surface area (Å²) >= 11 is 0. The first-order valence-electron chi connectivity index (χ1n) is 11.3. The van der Waals surface area contributed by atoms with Gasteiger partial charge in [-0.15, -0.1) is 0 Å². The molecule has 0 amide bonds. The van der Waals surface area contributed by atoms with Crippen LogP contribution in [0.1, 0.15) is 42.8 Å². The molecule has 4 rings (SSSR count). The van der Waals surface area contributed by atoms with Crippen LogP contribution in [0.3, 0.4) is 0 Å². The number of nitrogens with one attached hydrogen (secondary N) is 2. The van der Waals surface area contributed by atoms with Crippen molar-refractivity contribution in [1.82, 2.24) is 15.3 Å². The van der Waals surface area contributed by atoms with Crippen LogP contribution in [0, 0.1) is 12.8 Å². The number of hydrogen-bond acceptors (Lipinski definition) is 6. The number of hydrogen-bond donors (Lipinski definition) is 2. The summed E-state index contributed by atoms with van der Waals surface area (Å²) in [5, 5.41) is 7.70. The summed E-state index contributed by atoms with van der Waals surface area (Å²) in [4.78, 5) is 11.4. The summed E-state index contributed by atoms with van der Waals surface area (Å²) in [6.07, 6.45) is -0.534. The molecule has 0 radical (unpaired) electrons. The Kier molecular flexibility index (Phi) is 6.78. The lowest BCUT2D eigenvalue weighted by Crippen LogP contribution is -2.32. The molecule has 0 atom stereocenters. The molecule has 178 valence electrons. The zero-order chi connectivity index (χ0) is 23.6. The molecular formula is C24H30F3N5O. The van der Waals surface area contributed by atoms with Gasteiger partial charge in [0.25, 0.3) is 0 Å². The van der Waals surface area contributed by atoms with Crippen LogP contribution in [0.4, 0.5) is 24.9 Å². The number of anilines is 2. The quantitative estimate of drug-likeness (QED) is 0.493. The van der Waals surface area contributed by atoms with Crippen LogP contribution in [0.15, 0.2) is 34.7 Å². The predicted octanol–water partition coefficient (Wildman–Crippen LogP) is 5.38. The van der Waals surface area contributed by atoms with Crippen LogP contribution < -0.4 is 15.5 Å². The second-order valence-corrected chi connectivity index (χ2v) is 8.98. The maximum absolute atomic E-state index is 13.1. The number of furan rings is 1. The van der Waals surface area contributed by atoms with E-state index >= 15 is 0 Å². The Bertz CT molecular complexity index is 1090. The van der Waals surface area contributed by atoms with Crippen molar-refractivity contribution in [2.24, 2.45) is 5.92 Å². The van der Waals surface area contributed by atoms with E-state index in [0.29, 0.717) is 18.4 Å².